The molecule has 0 saturated heterocycles. The number of rotatable bonds is 16. The van der Waals surface area contributed by atoms with Crippen LogP contribution in [0.1, 0.15) is 68.9 Å². The minimum absolute atomic E-state index is 0.303. The molecule has 2 aromatic carbocycles. The minimum Gasteiger partial charge on any atom is -0.382 e. The summed E-state index contributed by atoms with van der Waals surface area (Å²) in [6, 6.07) is 21.6. The molecule has 0 heterocycles. The fraction of sp³-hybridized carbons (Fsp3) is 0.500. The molecular weight excluding hydrogens is 368 g/mol. The topological polar surface area (TPSA) is 18.5 Å². The summed E-state index contributed by atoms with van der Waals surface area (Å²) in [6.45, 7) is 3.63. The van der Waals surface area contributed by atoms with Crippen LogP contribution in [0.2, 0.25) is 0 Å². The second-order valence-corrected chi connectivity index (χ2v) is 8.02. The lowest BCUT2D eigenvalue weighted by Gasteiger charge is -2.23. The maximum Gasteiger partial charge on any atom is 0.0704 e. The third kappa shape index (κ3) is 10.2. The molecule has 0 aliphatic carbocycles. The van der Waals surface area contributed by atoms with Crippen LogP contribution in [-0.4, -0.2) is 26.4 Å². The maximum absolute atomic E-state index is 6.18. The summed E-state index contributed by atoms with van der Waals surface area (Å²) < 4.78 is 11.4. The van der Waals surface area contributed by atoms with Gasteiger partial charge >= 0.3 is 0 Å². The third-order valence-corrected chi connectivity index (χ3v) is 5.69. The number of hydrogen-bond donors (Lipinski definition) is 0. The lowest BCUT2D eigenvalue weighted by atomic mass is 9.89. The first-order valence-corrected chi connectivity index (χ1v) is 11.7. The first kappa shape index (κ1) is 24.4. The van der Waals surface area contributed by atoms with Crippen molar-refractivity contribution in [2.75, 3.05) is 20.3 Å². The van der Waals surface area contributed by atoms with Crippen molar-refractivity contribution in [3.63, 3.8) is 0 Å². The van der Waals surface area contributed by atoms with Gasteiger partial charge in [0, 0.05) is 7.11 Å². The van der Waals surface area contributed by atoms with Gasteiger partial charge in [0.15, 0.2) is 0 Å². The second kappa shape index (κ2) is 15.9. The first-order chi connectivity index (χ1) is 14.8. The zero-order valence-electron chi connectivity index (χ0n) is 19.0. The molecule has 0 saturated carbocycles. The Morgan fingerprint density at radius 1 is 0.833 bits per heavy atom. The van der Waals surface area contributed by atoms with Gasteiger partial charge in [-0.3, -0.25) is 0 Å². The molecule has 0 fully saturated rings. The maximum atomic E-state index is 6.18. The Kier molecular flexibility index (Phi) is 12.9. The van der Waals surface area contributed by atoms with Crippen molar-refractivity contribution < 1.29 is 9.47 Å². The van der Waals surface area contributed by atoms with Gasteiger partial charge in [0.25, 0.3) is 0 Å². The van der Waals surface area contributed by atoms with E-state index in [9.17, 15) is 0 Å². The summed E-state index contributed by atoms with van der Waals surface area (Å²) in [7, 11) is 1.74. The highest BCUT2D eigenvalue weighted by Gasteiger charge is 2.17. The molecule has 0 aliphatic heterocycles. The molecule has 2 unspecified atom stereocenters. The van der Waals surface area contributed by atoms with Crippen LogP contribution in [0.5, 0.6) is 0 Å². The number of benzene rings is 2. The quantitative estimate of drug-likeness (QED) is 0.213. The molecule has 0 amide bonds. The lowest BCUT2D eigenvalue weighted by molar-refractivity contribution is 0.00481. The van der Waals surface area contributed by atoms with Gasteiger partial charge in [-0.2, -0.15) is 0 Å². The van der Waals surface area contributed by atoms with E-state index in [4.69, 9.17) is 9.47 Å². The van der Waals surface area contributed by atoms with E-state index < -0.39 is 0 Å². The molecule has 2 rings (SSSR count). The van der Waals surface area contributed by atoms with Crippen molar-refractivity contribution in [2.24, 2.45) is 0 Å². The number of methoxy groups -OCH3 is 1. The third-order valence-electron chi connectivity index (χ3n) is 5.69. The van der Waals surface area contributed by atoms with E-state index in [1.54, 1.807) is 7.11 Å². The molecule has 0 aliphatic rings. The van der Waals surface area contributed by atoms with Crippen LogP contribution in [0.4, 0.5) is 0 Å². The monoisotopic (exact) mass is 408 g/mol. The summed E-state index contributed by atoms with van der Waals surface area (Å²) in [5, 5.41) is 0. The fourth-order valence-electron chi connectivity index (χ4n) is 3.92. The molecule has 30 heavy (non-hydrogen) atoms. The Labute approximate surface area is 184 Å². The average Bonchev–Trinajstić information content (AvgIpc) is 2.80. The molecule has 0 bridgehead atoms. The highest BCUT2D eigenvalue weighted by atomic mass is 16.5. The molecule has 2 atom stereocenters. The van der Waals surface area contributed by atoms with Crippen LogP contribution in [0, 0.1) is 0 Å². The fourth-order valence-corrected chi connectivity index (χ4v) is 3.92. The summed E-state index contributed by atoms with van der Waals surface area (Å²) in [5.41, 5.74) is 2.87. The molecule has 0 radical (unpaired) electrons. The number of allylic oxidation sites excluding steroid dienone is 2. The minimum atomic E-state index is 0.303. The van der Waals surface area contributed by atoms with Crippen LogP contribution in [0.3, 0.4) is 0 Å². The van der Waals surface area contributed by atoms with Crippen molar-refractivity contribution in [1.82, 2.24) is 0 Å². The van der Waals surface area contributed by atoms with Crippen molar-refractivity contribution >= 4 is 0 Å². The summed E-state index contributed by atoms with van der Waals surface area (Å²) in [6.07, 6.45) is 14.2. The molecule has 0 spiro atoms. The Balaban J connectivity index is 1.70. The standard InChI is InChI=1S/C28H40O2/c1-3-26(27-19-13-9-14-20-27)24-28(30-23-22-29-2)21-15-7-5-4-6-10-16-25-17-11-8-12-18-25/h4-5,8-9,11-14,17-20,26,28H,3,6-7,10,15-16,21-24H2,1-2H3/b5-4+. The van der Waals surface area contributed by atoms with Gasteiger partial charge in [-0.05, 0) is 68.4 Å². The van der Waals surface area contributed by atoms with Crippen molar-refractivity contribution in [3.05, 3.63) is 83.9 Å². The first-order valence-electron chi connectivity index (χ1n) is 11.7. The average molecular weight is 409 g/mol. The number of hydrogen-bond acceptors (Lipinski definition) is 2. The van der Waals surface area contributed by atoms with Crippen LogP contribution in [0.25, 0.3) is 0 Å². The van der Waals surface area contributed by atoms with Crippen LogP contribution >= 0.6 is 0 Å². The van der Waals surface area contributed by atoms with Gasteiger partial charge < -0.3 is 9.47 Å². The van der Waals surface area contributed by atoms with Crippen LogP contribution < -0.4 is 0 Å². The van der Waals surface area contributed by atoms with Gasteiger partial charge in [0.2, 0.25) is 0 Å². The van der Waals surface area contributed by atoms with Gasteiger partial charge in [0.1, 0.15) is 0 Å². The Hall–Kier alpha value is -1.90. The van der Waals surface area contributed by atoms with Gasteiger partial charge in [0.05, 0.1) is 19.3 Å². The van der Waals surface area contributed by atoms with E-state index in [1.165, 1.54) is 30.4 Å². The Bertz CT molecular complexity index is 666. The molecule has 0 N–H and O–H groups in total. The van der Waals surface area contributed by atoms with Gasteiger partial charge in [-0.1, -0.05) is 79.7 Å². The SMILES string of the molecule is CCC(CC(CCC/C=C/CCCc1ccccc1)OCCOC)c1ccccc1. The normalized spacial score (nSPS) is 13.5. The molecule has 2 heteroatoms. The van der Waals surface area contributed by atoms with Crippen molar-refractivity contribution in [2.45, 2.75) is 70.3 Å². The van der Waals surface area contributed by atoms with E-state index in [0.717, 1.165) is 32.1 Å². The van der Waals surface area contributed by atoms with E-state index in [2.05, 4.69) is 79.7 Å². The largest absolute Gasteiger partial charge is 0.382 e. The van der Waals surface area contributed by atoms with Crippen LogP contribution in [0.15, 0.2) is 72.8 Å². The zero-order valence-corrected chi connectivity index (χ0v) is 19.0. The highest BCUT2D eigenvalue weighted by Crippen LogP contribution is 2.27. The van der Waals surface area contributed by atoms with Gasteiger partial charge in [-0.25, -0.2) is 0 Å². The van der Waals surface area contributed by atoms with Crippen LogP contribution in [-0.2, 0) is 15.9 Å². The molecule has 2 nitrogen and oxygen atoms in total. The Morgan fingerprint density at radius 3 is 2.17 bits per heavy atom. The van der Waals surface area contributed by atoms with Crippen molar-refractivity contribution in [3.8, 4) is 0 Å². The molecule has 0 aromatic heterocycles. The van der Waals surface area contributed by atoms with E-state index in [0.29, 0.717) is 25.2 Å². The number of ether oxygens (including phenoxy) is 2. The summed E-state index contributed by atoms with van der Waals surface area (Å²) in [4.78, 5) is 0. The molecule has 2 aromatic rings. The van der Waals surface area contributed by atoms with Gasteiger partial charge in [-0.15, -0.1) is 0 Å². The number of aryl methyl sites for hydroxylation is 1. The lowest BCUT2D eigenvalue weighted by Crippen LogP contribution is -2.19. The van der Waals surface area contributed by atoms with E-state index in [-0.39, 0.29) is 0 Å². The second-order valence-electron chi connectivity index (χ2n) is 8.02. The highest BCUT2D eigenvalue weighted by molar-refractivity contribution is 5.19. The summed E-state index contributed by atoms with van der Waals surface area (Å²) in [5.74, 6) is 0.562. The molecule has 164 valence electrons. The molecular formula is C28H40O2. The predicted octanol–water partition coefficient (Wildman–Crippen LogP) is 7.35. The van der Waals surface area contributed by atoms with E-state index >= 15 is 0 Å². The predicted molar refractivity (Wildman–Crippen MR) is 128 cm³/mol. The Morgan fingerprint density at radius 2 is 1.50 bits per heavy atom. The number of unbranched alkanes of at least 4 members (excludes halogenated alkanes) is 2. The van der Waals surface area contributed by atoms with E-state index in [1.807, 2.05) is 0 Å². The zero-order chi connectivity index (χ0) is 21.3. The van der Waals surface area contributed by atoms with Crippen molar-refractivity contribution in [1.29, 1.82) is 0 Å². The summed E-state index contributed by atoms with van der Waals surface area (Å²) >= 11 is 0. The smallest absolute Gasteiger partial charge is 0.0704 e.